The number of aliphatic hydroxyl groups is 1. The lowest BCUT2D eigenvalue weighted by Crippen LogP contribution is -2.63. The molecule has 8 heteroatoms. The van der Waals surface area contributed by atoms with E-state index < -0.39 is 18.0 Å². The molecule has 21 heavy (non-hydrogen) atoms. The van der Waals surface area contributed by atoms with Crippen molar-refractivity contribution < 1.29 is 19.8 Å². The van der Waals surface area contributed by atoms with Crippen LogP contribution >= 0.6 is 11.8 Å². The van der Waals surface area contributed by atoms with Gasteiger partial charge in [-0.05, 0) is 6.92 Å². The molecule has 116 valence electrons. The minimum atomic E-state index is -1.12. The predicted molar refractivity (Wildman–Crippen MR) is 79.4 cm³/mol. The number of β-lactam (4-membered cyclic amide) rings is 1. The van der Waals surface area contributed by atoms with E-state index in [1.807, 2.05) is 6.92 Å². The van der Waals surface area contributed by atoms with Crippen molar-refractivity contribution in [2.75, 3.05) is 14.1 Å². The number of hydrogen-bond donors (Lipinski definition) is 2. The van der Waals surface area contributed by atoms with Gasteiger partial charge in [0.2, 0.25) is 5.91 Å². The van der Waals surface area contributed by atoms with Crippen molar-refractivity contribution in [2.24, 2.45) is 16.9 Å². The normalized spacial score (nSPS) is 29.7. The highest BCUT2D eigenvalue weighted by Crippen LogP contribution is 2.49. The van der Waals surface area contributed by atoms with E-state index in [1.54, 1.807) is 31.6 Å². The van der Waals surface area contributed by atoms with Crippen LogP contribution < -0.4 is 0 Å². The predicted octanol–water partition coefficient (Wildman–Crippen LogP) is 0.378. The van der Waals surface area contributed by atoms with E-state index in [0.717, 1.165) is 0 Å². The second-order valence-electron chi connectivity index (χ2n) is 5.46. The summed E-state index contributed by atoms with van der Waals surface area (Å²) in [6.45, 7) is 3.44. The fourth-order valence-corrected chi connectivity index (χ4v) is 3.85. The second-order valence-corrected chi connectivity index (χ2v) is 6.34. The minimum absolute atomic E-state index is 0.0182. The number of carboxylic acids is 1. The molecule has 0 aromatic carbocycles. The highest BCUT2D eigenvalue weighted by atomic mass is 32.2. The Labute approximate surface area is 127 Å². The maximum Gasteiger partial charge on any atom is 0.353 e. The van der Waals surface area contributed by atoms with Gasteiger partial charge in [0.05, 0.1) is 23.6 Å². The molecule has 2 N–H and O–H groups in total. The highest BCUT2D eigenvalue weighted by molar-refractivity contribution is 8.15. The lowest BCUT2D eigenvalue weighted by molar-refractivity contribution is -0.163. The Hall–Kier alpha value is -1.54. The first kappa shape index (κ1) is 15.8. The number of amides is 1. The first-order valence-electron chi connectivity index (χ1n) is 6.62. The van der Waals surface area contributed by atoms with Crippen molar-refractivity contribution in [2.45, 2.75) is 26.0 Å². The standard InChI is InChI=1S/C13H19N3O4S/c1-6-9-8(7(2)17)12(18)16(9)10(13(19)20)11(6)21-5-14-15(3)4/h5-9,17H,1-4H3,(H,19,20)/b14-5+/t6-,7?,8+,9-/m1/s1. The molecule has 2 heterocycles. The van der Waals surface area contributed by atoms with Crippen molar-refractivity contribution in [3.05, 3.63) is 10.6 Å². The largest absolute Gasteiger partial charge is 0.477 e. The van der Waals surface area contributed by atoms with Gasteiger partial charge in [0.1, 0.15) is 5.70 Å². The van der Waals surface area contributed by atoms with Crippen LogP contribution in [-0.2, 0) is 9.59 Å². The maximum absolute atomic E-state index is 12.1. The fraction of sp³-hybridized carbons (Fsp3) is 0.615. The third-order valence-electron chi connectivity index (χ3n) is 3.77. The number of carbonyl (C=O) groups is 2. The fourth-order valence-electron chi connectivity index (χ4n) is 2.85. The molecule has 1 fully saturated rings. The number of nitrogens with zero attached hydrogens (tertiary/aromatic N) is 3. The van der Waals surface area contributed by atoms with Crippen LogP contribution in [0.25, 0.3) is 0 Å². The summed E-state index contributed by atoms with van der Waals surface area (Å²) in [5.41, 5.74) is 1.58. The van der Waals surface area contributed by atoms with Gasteiger partial charge in [-0.3, -0.25) is 4.79 Å². The third-order valence-corrected chi connectivity index (χ3v) is 4.79. The van der Waals surface area contributed by atoms with E-state index in [9.17, 15) is 19.8 Å². The molecule has 2 rings (SSSR count). The SMILES string of the molecule is CC(O)[C@@H]1C(=O)N2C(C(=O)O)=C(S/C=N/N(C)C)[C@H](C)[C@H]12. The summed E-state index contributed by atoms with van der Waals surface area (Å²) < 4.78 is 0. The van der Waals surface area contributed by atoms with Gasteiger partial charge in [-0.15, -0.1) is 0 Å². The van der Waals surface area contributed by atoms with E-state index in [2.05, 4.69) is 5.10 Å². The van der Waals surface area contributed by atoms with Crippen molar-refractivity contribution >= 4 is 29.2 Å². The van der Waals surface area contributed by atoms with Crippen LogP contribution in [0.2, 0.25) is 0 Å². The van der Waals surface area contributed by atoms with Gasteiger partial charge in [-0.2, -0.15) is 5.10 Å². The van der Waals surface area contributed by atoms with Gasteiger partial charge in [0.15, 0.2) is 0 Å². The van der Waals surface area contributed by atoms with Crippen molar-refractivity contribution in [3.8, 4) is 0 Å². The van der Waals surface area contributed by atoms with E-state index in [0.29, 0.717) is 4.91 Å². The van der Waals surface area contributed by atoms with Crippen LogP contribution in [-0.4, -0.2) is 63.8 Å². The van der Waals surface area contributed by atoms with Crippen LogP contribution in [0.3, 0.4) is 0 Å². The lowest BCUT2D eigenvalue weighted by Gasteiger charge is -2.46. The molecule has 0 aromatic heterocycles. The number of fused-ring (bicyclic) bond motifs is 1. The Balaban J connectivity index is 2.30. The number of carboxylic acid groups (broad SMARTS) is 1. The molecule has 2 aliphatic rings. The zero-order valence-corrected chi connectivity index (χ0v) is 13.2. The molecule has 0 bridgehead atoms. The Kier molecular flexibility index (Phi) is 4.29. The number of carbonyl (C=O) groups excluding carboxylic acids is 1. The summed E-state index contributed by atoms with van der Waals surface area (Å²) >= 11 is 1.21. The van der Waals surface area contributed by atoms with Crippen LogP contribution in [0.4, 0.5) is 0 Å². The summed E-state index contributed by atoms with van der Waals surface area (Å²) in [4.78, 5) is 25.5. The molecular formula is C13H19N3O4S. The van der Waals surface area contributed by atoms with Gasteiger partial charge >= 0.3 is 5.97 Å². The molecule has 2 aliphatic heterocycles. The summed E-state index contributed by atoms with van der Waals surface area (Å²) in [7, 11) is 3.53. The lowest BCUT2D eigenvalue weighted by atomic mass is 9.79. The zero-order chi connectivity index (χ0) is 15.9. The second kappa shape index (κ2) is 5.69. The first-order valence-corrected chi connectivity index (χ1v) is 7.50. The summed E-state index contributed by atoms with van der Waals surface area (Å²) in [6.07, 6.45) is -0.781. The Morgan fingerprint density at radius 2 is 2.14 bits per heavy atom. The van der Waals surface area contributed by atoms with Gasteiger partial charge < -0.3 is 20.1 Å². The van der Waals surface area contributed by atoms with Crippen molar-refractivity contribution in [1.82, 2.24) is 9.91 Å². The average molecular weight is 313 g/mol. The number of hydrazone groups is 1. The van der Waals surface area contributed by atoms with E-state index in [4.69, 9.17) is 0 Å². The molecular weight excluding hydrogens is 294 g/mol. The monoisotopic (exact) mass is 313 g/mol. The zero-order valence-electron chi connectivity index (χ0n) is 12.3. The molecule has 4 atom stereocenters. The van der Waals surface area contributed by atoms with Crippen LogP contribution in [0.15, 0.2) is 15.7 Å². The van der Waals surface area contributed by atoms with Crippen molar-refractivity contribution in [3.63, 3.8) is 0 Å². The molecule has 0 aliphatic carbocycles. The number of aliphatic hydroxyl groups excluding tert-OH is 1. The summed E-state index contributed by atoms with van der Waals surface area (Å²) in [5, 5.41) is 24.8. The van der Waals surface area contributed by atoms with Gasteiger partial charge in [0, 0.05) is 24.9 Å². The minimum Gasteiger partial charge on any atom is -0.477 e. The summed E-state index contributed by atoms with van der Waals surface area (Å²) in [6, 6.07) is -0.279. The molecule has 0 spiro atoms. The average Bonchev–Trinajstić information content (AvgIpc) is 2.59. The van der Waals surface area contributed by atoms with Crippen LogP contribution in [0, 0.1) is 11.8 Å². The van der Waals surface area contributed by atoms with Crippen LogP contribution in [0.5, 0.6) is 0 Å². The molecule has 1 unspecified atom stereocenters. The van der Waals surface area contributed by atoms with E-state index in [1.165, 1.54) is 16.7 Å². The highest BCUT2D eigenvalue weighted by Gasteiger charge is 2.59. The smallest absolute Gasteiger partial charge is 0.353 e. The Bertz CT molecular complexity index is 530. The van der Waals surface area contributed by atoms with Crippen LogP contribution in [0.1, 0.15) is 13.8 Å². The number of thioether (sulfide) groups is 1. The molecule has 0 radical (unpaired) electrons. The third kappa shape index (κ3) is 2.53. The maximum atomic E-state index is 12.1. The number of rotatable bonds is 5. The summed E-state index contributed by atoms with van der Waals surface area (Å²) in [5.74, 6) is -2.10. The first-order chi connectivity index (χ1) is 9.77. The molecule has 1 amide bonds. The van der Waals surface area contributed by atoms with Crippen molar-refractivity contribution in [1.29, 1.82) is 0 Å². The van der Waals surface area contributed by atoms with Gasteiger partial charge in [0.25, 0.3) is 0 Å². The van der Waals surface area contributed by atoms with Gasteiger partial charge in [-0.25, -0.2) is 4.79 Å². The quantitative estimate of drug-likeness (QED) is 0.330. The molecule has 0 aromatic rings. The number of aliphatic carboxylic acids is 1. The Morgan fingerprint density at radius 1 is 1.52 bits per heavy atom. The molecule has 0 saturated carbocycles. The van der Waals surface area contributed by atoms with Gasteiger partial charge in [-0.1, -0.05) is 18.7 Å². The molecule has 1 saturated heterocycles. The van der Waals surface area contributed by atoms with E-state index >= 15 is 0 Å². The van der Waals surface area contributed by atoms with E-state index in [-0.39, 0.29) is 23.6 Å². The Morgan fingerprint density at radius 3 is 2.62 bits per heavy atom. The topological polar surface area (TPSA) is 93.4 Å². The molecule has 7 nitrogen and oxygen atoms in total. The number of hydrogen-bond acceptors (Lipinski definition) is 6.